The zero-order valence-electron chi connectivity index (χ0n) is 12.4. The number of aliphatic carboxylic acids is 1. The smallest absolute Gasteiger partial charge is 0.307 e. The number of carbonyl (C=O) groups is 1. The fraction of sp³-hybridized carbons (Fsp3) is 0.562. The summed E-state index contributed by atoms with van der Waals surface area (Å²) in [6.45, 7) is 8.79. The zero-order chi connectivity index (χ0) is 14.8. The van der Waals surface area contributed by atoms with Crippen LogP contribution in [0.2, 0.25) is 0 Å². The Labute approximate surface area is 120 Å². The van der Waals surface area contributed by atoms with Crippen LogP contribution in [0.4, 0.5) is 0 Å². The van der Waals surface area contributed by atoms with Gasteiger partial charge in [0.15, 0.2) is 0 Å². The van der Waals surface area contributed by atoms with Gasteiger partial charge in [-0.15, -0.1) is 0 Å². The van der Waals surface area contributed by atoms with Gasteiger partial charge < -0.3 is 9.84 Å². The summed E-state index contributed by atoms with van der Waals surface area (Å²) < 4.78 is 5.90. The summed E-state index contributed by atoms with van der Waals surface area (Å²) in [6.07, 6.45) is 0.282. The van der Waals surface area contributed by atoms with Crippen LogP contribution in [-0.4, -0.2) is 40.8 Å². The molecule has 110 valence electrons. The molecule has 0 radical (unpaired) electrons. The Hall–Kier alpha value is -1.39. The molecule has 1 N–H and O–H groups in total. The minimum Gasteiger partial charge on any atom is -0.481 e. The van der Waals surface area contributed by atoms with Crippen molar-refractivity contribution in [3.8, 4) is 0 Å². The maximum absolute atomic E-state index is 10.9. The van der Waals surface area contributed by atoms with Crippen molar-refractivity contribution in [3.63, 3.8) is 0 Å². The molecule has 4 heteroatoms. The van der Waals surface area contributed by atoms with Gasteiger partial charge in [-0.05, 0) is 31.9 Å². The minimum absolute atomic E-state index is 0.0828. The van der Waals surface area contributed by atoms with E-state index in [0.29, 0.717) is 0 Å². The van der Waals surface area contributed by atoms with Crippen LogP contribution in [0.15, 0.2) is 24.3 Å². The molecule has 0 aromatic heterocycles. The lowest BCUT2D eigenvalue weighted by atomic mass is 10.0. The van der Waals surface area contributed by atoms with Gasteiger partial charge in [0.1, 0.15) is 0 Å². The number of morpholine rings is 1. The third-order valence-corrected chi connectivity index (χ3v) is 3.49. The van der Waals surface area contributed by atoms with Gasteiger partial charge in [-0.3, -0.25) is 9.69 Å². The largest absolute Gasteiger partial charge is 0.481 e. The summed E-state index contributed by atoms with van der Waals surface area (Å²) in [4.78, 5) is 13.3. The summed E-state index contributed by atoms with van der Waals surface area (Å²) >= 11 is 0. The van der Waals surface area contributed by atoms with Crippen molar-refractivity contribution < 1.29 is 14.6 Å². The normalized spacial score (nSPS) is 22.6. The highest BCUT2D eigenvalue weighted by Gasteiger charge is 2.31. The predicted octanol–water partition coefficient (Wildman–Crippen LogP) is 2.31. The van der Waals surface area contributed by atoms with Crippen molar-refractivity contribution >= 4 is 5.97 Å². The van der Waals surface area contributed by atoms with Gasteiger partial charge in [0, 0.05) is 19.6 Å². The average molecular weight is 277 g/mol. The van der Waals surface area contributed by atoms with E-state index < -0.39 is 5.97 Å². The average Bonchev–Trinajstić information content (AvgIpc) is 2.28. The maximum Gasteiger partial charge on any atom is 0.307 e. The molecule has 1 atom stereocenters. The Kier molecular flexibility index (Phi) is 4.45. The molecule has 1 aliphatic rings. The summed E-state index contributed by atoms with van der Waals surface area (Å²) in [5, 5.41) is 8.99. The van der Waals surface area contributed by atoms with Crippen molar-refractivity contribution in [2.24, 2.45) is 0 Å². The summed E-state index contributed by atoms with van der Waals surface area (Å²) in [6, 6.07) is 7.78. The van der Waals surface area contributed by atoms with E-state index in [-0.39, 0.29) is 18.1 Å². The first kappa shape index (κ1) is 15.0. The Balaban J connectivity index is 2.11. The Bertz CT molecular complexity index is 484. The number of benzene rings is 1. The first-order valence-corrected chi connectivity index (χ1v) is 7.04. The second-order valence-electron chi connectivity index (χ2n) is 6.20. The molecule has 1 unspecified atom stereocenters. The third-order valence-electron chi connectivity index (χ3n) is 3.49. The van der Waals surface area contributed by atoms with E-state index in [1.165, 1.54) is 0 Å². The van der Waals surface area contributed by atoms with Crippen LogP contribution in [0, 0.1) is 0 Å². The highest BCUT2D eigenvalue weighted by molar-refractivity contribution is 5.70. The number of rotatable bonds is 4. The Morgan fingerprint density at radius 3 is 2.65 bits per heavy atom. The van der Waals surface area contributed by atoms with Gasteiger partial charge in [0.2, 0.25) is 0 Å². The number of carboxylic acids is 1. The van der Waals surface area contributed by atoms with Gasteiger partial charge in [0.05, 0.1) is 18.1 Å². The first-order chi connectivity index (χ1) is 9.35. The molecule has 0 saturated carbocycles. The highest BCUT2D eigenvalue weighted by atomic mass is 16.5. The molecule has 4 nitrogen and oxygen atoms in total. The molecule has 1 fully saturated rings. The molecule has 1 aromatic rings. The van der Waals surface area contributed by atoms with Crippen molar-refractivity contribution in [2.75, 3.05) is 13.1 Å². The van der Waals surface area contributed by atoms with E-state index in [1.807, 2.05) is 24.3 Å². The van der Waals surface area contributed by atoms with E-state index in [9.17, 15) is 4.79 Å². The fourth-order valence-corrected chi connectivity index (χ4v) is 2.99. The van der Waals surface area contributed by atoms with E-state index in [4.69, 9.17) is 9.84 Å². The quantitative estimate of drug-likeness (QED) is 0.917. The van der Waals surface area contributed by atoms with E-state index in [0.717, 1.165) is 30.8 Å². The molecule has 0 bridgehead atoms. The van der Waals surface area contributed by atoms with Crippen LogP contribution in [0.3, 0.4) is 0 Å². The monoisotopic (exact) mass is 277 g/mol. The van der Waals surface area contributed by atoms with Crippen molar-refractivity contribution in [3.05, 3.63) is 35.4 Å². The SMILES string of the molecule is CC1CN(Cc2ccccc2CC(=O)O)CC(C)(C)O1. The second-order valence-corrected chi connectivity index (χ2v) is 6.20. The first-order valence-electron chi connectivity index (χ1n) is 7.04. The van der Waals surface area contributed by atoms with Crippen LogP contribution in [0.25, 0.3) is 0 Å². The van der Waals surface area contributed by atoms with Gasteiger partial charge >= 0.3 is 5.97 Å². The third kappa shape index (κ3) is 4.05. The molecule has 1 saturated heterocycles. The molecule has 2 rings (SSSR count). The molecule has 1 heterocycles. The topological polar surface area (TPSA) is 49.8 Å². The molecule has 1 aliphatic heterocycles. The summed E-state index contributed by atoms with van der Waals surface area (Å²) in [5.74, 6) is -0.784. The number of hydrogen-bond acceptors (Lipinski definition) is 3. The van der Waals surface area contributed by atoms with Crippen molar-refractivity contribution in [1.29, 1.82) is 0 Å². The number of hydrogen-bond donors (Lipinski definition) is 1. The van der Waals surface area contributed by atoms with Gasteiger partial charge in [-0.25, -0.2) is 0 Å². The molecule has 0 spiro atoms. The van der Waals surface area contributed by atoms with Crippen LogP contribution < -0.4 is 0 Å². The van der Waals surface area contributed by atoms with Crippen LogP contribution in [0.1, 0.15) is 31.9 Å². The van der Waals surface area contributed by atoms with E-state index >= 15 is 0 Å². The lowest BCUT2D eigenvalue weighted by molar-refractivity contribution is -0.136. The van der Waals surface area contributed by atoms with E-state index in [1.54, 1.807) is 0 Å². The number of carboxylic acid groups (broad SMARTS) is 1. The molecular formula is C16H23NO3. The second kappa shape index (κ2) is 5.94. The van der Waals surface area contributed by atoms with Crippen LogP contribution in [0.5, 0.6) is 0 Å². The van der Waals surface area contributed by atoms with Crippen LogP contribution in [-0.2, 0) is 22.5 Å². The Morgan fingerprint density at radius 2 is 2.05 bits per heavy atom. The summed E-state index contributed by atoms with van der Waals surface area (Å²) in [7, 11) is 0. The van der Waals surface area contributed by atoms with Gasteiger partial charge in [0.25, 0.3) is 0 Å². The zero-order valence-corrected chi connectivity index (χ0v) is 12.4. The molecule has 20 heavy (non-hydrogen) atoms. The highest BCUT2D eigenvalue weighted by Crippen LogP contribution is 2.23. The van der Waals surface area contributed by atoms with Gasteiger partial charge in [-0.2, -0.15) is 0 Å². The van der Waals surface area contributed by atoms with Crippen molar-refractivity contribution in [1.82, 2.24) is 4.90 Å². The lowest BCUT2D eigenvalue weighted by Crippen LogP contribution is -2.51. The van der Waals surface area contributed by atoms with E-state index in [2.05, 4.69) is 25.7 Å². The lowest BCUT2D eigenvalue weighted by Gasteiger charge is -2.42. The molecule has 1 aromatic carbocycles. The fourth-order valence-electron chi connectivity index (χ4n) is 2.99. The standard InChI is InChI=1S/C16H23NO3/c1-12-9-17(11-16(2,3)20-12)10-14-7-5-4-6-13(14)8-15(18)19/h4-7,12H,8-11H2,1-3H3,(H,18,19). The molecule has 0 amide bonds. The molecular weight excluding hydrogens is 254 g/mol. The number of nitrogens with zero attached hydrogens (tertiary/aromatic N) is 1. The number of ether oxygens (including phenoxy) is 1. The van der Waals surface area contributed by atoms with Gasteiger partial charge in [-0.1, -0.05) is 24.3 Å². The predicted molar refractivity (Wildman–Crippen MR) is 77.7 cm³/mol. The maximum atomic E-state index is 10.9. The Morgan fingerprint density at radius 1 is 1.40 bits per heavy atom. The minimum atomic E-state index is -0.784. The van der Waals surface area contributed by atoms with Crippen LogP contribution >= 0.6 is 0 Å². The molecule has 0 aliphatic carbocycles. The summed E-state index contributed by atoms with van der Waals surface area (Å²) in [5.41, 5.74) is 1.84. The van der Waals surface area contributed by atoms with Crippen molar-refractivity contribution in [2.45, 2.75) is 45.4 Å².